The topological polar surface area (TPSA) is 41.1 Å². The van der Waals surface area contributed by atoms with E-state index in [0.717, 1.165) is 12.1 Å². The Morgan fingerprint density at radius 2 is 2.00 bits per heavy atom. The average Bonchev–Trinajstić information content (AvgIpc) is 2.47. The number of piperidine rings is 1. The zero-order chi connectivity index (χ0) is 15.5. The molecule has 1 amide bonds. The summed E-state index contributed by atoms with van der Waals surface area (Å²) in [6, 6.07) is 5.13. The molecule has 0 bridgehead atoms. The van der Waals surface area contributed by atoms with Gasteiger partial charge in [-0.2, -0.15) is 13.2 Å². The van der Waals surface area contributed by atoms with Crippen molar-refractivity contribution in [3.8, 4) is 0 Å². The molecule has 1 aliphatic heterocycles. The van der Waals surface area contributed by atoms with Crippen LogP contribution in [0.3, 0.4) is 0 Å². The van der Waals surface area contributed by atoms with Crippen molar-refractivity contribution in [2.75, 3.05) is 19.0 Å². The summed E-state index contributed by atoms with van der Waals surface area (Å²) in [4.78, 5) is 11.7. The summed E-state index contributed by atoms with van der Waals surface area (Å²) in [6.45, 7) is 1.25. The van der Waals surface area contributed by atoms with Gasteiger partial charge in [0.25, 0.3) is 0 Å². The summed E-state index contributed by atoms with van der Waals surface area (Å²) < 4.78 is 38.6. The van der Waals surface area contributed by atoms with E-state index < -0.39 is 17.3 Å². The number of rotatable bonds is 3. The molecule has 1 saturated heterocycles. The van der Waals surface area contributed by atoms with Gasteiger partial charge < -0.3 is 10.6 Å². The second-order valence-electron chi connectivity index (χ2n) is 5.09. The van der Waals surface area contributed by atoms with Gasteiger partial charge >= 0.3 is 6.18 Å². The number of alkyl halides is 4. The molecule has 3 nitrogen and oxygen atoms in total. The van der Waals surface area contributed by atoms with Crippen LogP contribution in [0.4, 0.5) is 13.2 Å². The van der Waals surface area contributed by atoms with Gasteiger partial charge in [0.2, 0.25) is 5.91 Å². The molecular weight excluding hydrogens is 305 g/mol. The predicted octanol–water partition coefficient (Wildman–Crippen LogP) is 2.64. The minimum atomic E-state index is -4.40. The van der Waals surface area contributed by atoms with Crippen LogP contribution in [0.1, 0.15) is 24.0 Å². The van der Waals surface area contributed by atoms with E-state index in [1.54, 1.807) is 6.07 Å². The smallest absolute Gasteiger partial charge is 0.345 e. The number of carbonyl (C=O) groups is 1. The first kappa shape index (κ1) is 16.1. The molecular formula is C14H16ClF3N2O. The van der Waals surface area contributed by atoms with Crippen LogP contribution >= 0.6 is 11.6 Å². The predicted molar refractivity (Wildman–Crippen MR) is 74.1 cm³/mol. The van der Waals surface area contributed by atoms with Crippen molar-refractivity contribution in [3.63, 3.8) is 0 Å². The van der Waals surface area contributed by atoms with Gasteiger partial charge in [0.1, 0.15) is 5.88 Å². The van der Waals surface area contributed by atoms with Gasteiger partial charge in [0.15, 0.2) is 0 Å². The van der Waals surface area contributed by atoms with E-state index in [1.807, 2.05) is 0 Å². The number of amides is 1. The van der Waals surface area contributed by atoms with Crippen molar-refractivity contribution in [1.82, 2.24) is 10.6 Å². The van der Waals surface area contributed by atoms with Crippen LogP contribution in [0.15, 0.2) is 24.3 Å². The minimum absolute atomic E-state index is 0.214. The van der Waals surface area contributed by atoms with Crippen molar-refractivity contribution in [2.45, 2.75) is 24.6 Å². The summed E-state index contributed by atoms with van der Waals surface area (Å²) >= 11 is 5.52. The highest BCUT2D eigenvalue weighted by Crippen LogP contribution is 2.35. The molecule has 0 atom stereocenters. The molecule has 0 aromatic heterocycles. The van der Waals surface area contributed by atoms with Crippen molar-refractivity contribution < 1.29 is 18.0 Å². The van der Waals surface area contributed by atoms with Crippen LogP contribution in [0, 0.1) is 0 Å². The lowest BCUT2D eigenvalue weighted by Crippen LogP contribution is -2.52. The summed E-state index contributed by atoms with van der Waals surface area (Å²) in [5.74, 6) is -0.593. The third kappa shape index (κ3) is 3.68. The third-order valence-corrected chi connectivity index (χ3v) is 3.94. The Kier molecular flexibility index (Phi) is 4.78. The van der Waals surface area contributed by atoms with Crippen molar-refractivity contribution in [1.29, 1.82) is 0 Å². The highest BCUT2D eigenvalue weighted by molar-refractivity contribution is 6.27. The van der Waals surface area contributed by atoms with Gasteiger partial charge in [-0.3, -0.25) is 4.79 Å². The zero-order valence-electron chi connectivity index (χ0n) is 11.3. The molecule has 7 heteroatoms. The Hall–Kier alpha value is -1.27. The number of benzene rings is 1. The highest BCUT2D eigenvalue weighted by Gasteiger charge is 2.37. The third-order valence-electron chi connectivity index (χ3n) is 3.70. The SMILES string of the molecule is O=C(CCl)NC1(c2cccc(C(F)(F)F)c2)CCNCC1. The fourth-order valence-electron chi connectivity index (χ4n) is 2.63. The molecule has 2 rings (SSSR count). The van der Waals surface area contributed by atoms with Gasteiger partial charge in [0.05, 0.1) is 11.1 Å². The highest BCUT2D eigenvalue weighted by atomic mass is 35.5. The molecule has 1 aromatic rings. The van der Waals surface area contributed by atoms with E-state index in [0.29, 0.717) is 31.5 Å². The first-order chi connectivity index (χ1) is 9.87. The van der Waals surface area contributed by atoms with Crippen molar-refractivity contribution in [3.05, 3.63) is 35.4 Å². The van der Waals surface area contributed by atoms with Crippen LogP contribution in [-0.2, 0) is 16.5 Å². The van der Waals surface area contributed by atoms with Crippen molar-refractivity contribution in [2.24, 2.45) is 0 Å². The van der Waals surface area contributed by atoms with E-state index in [1.165, 1.54) is 6.07 Å². The Bertz CT molecular complexity index is 513. The van der Waals surface area contributed by atoms with Crippen LogP contribution in [0.2, 0.25) is 0 Å². The number of halogens is 4. The minimum Gasteiger partial charge on any atom is -0.345 e. The Morgan fingerprint density at radius 3 is 2.57 bits per heavy atom. The van der Waals surface area contributed by atoms with Gasteiger partial charge in [0, 0.05) is 0 Å². The van der Waals surface area contributed by atoms with E-state index in [-0.39, 0.29) is 11.8 Å². The Balaban J connectivity index is 2.39. The molecule has 1 heterocycles. The molecule has 1 fully saturated rings. The molecule has 0 aliphatic carbocycles. The quantitative estimate of drug-likeness (QED) is 0.841. The standard InChI is InChI=1S/C14H16ClF3N2O/c15-9-12(21)20-13(4-6-19-7-5-13)10-2-1-3-11(8-10)14(16,17)18/h1-3,8,19H,4-7,9H2,(H,20,21). The summed E-state index contributed by atoms with van der Waals surface area (Å²) in [7, 11) is 0. The summed E-state index contributed by atoms with van der Waals surface area (Å²) in [6.07, 6.45) is -3.35. The molecule has 0 saturated carbocycles. The largest absolute Gasteiger partial charge is 0.416 e. The molecule has 21 heavy (non-hydrogen) atoms. The van der Waals surface area contributed by atoms with E-state index >= 15 is 0 Å². The fourth-order valence-corrected chi connectivity index (χ4v) is 2.70. The maximum Gasteiger partial charge on any atom is 0.416 e. The van der Waals surface area contributed by atoms with Crippen molar-refractivity contribution >= 4 is 17.5 Å². The van der Waals surface area contributed by atoms with Gasteiger partial charge in [-0.05, 0) is 43.6 Å². The lowest BCUT2D eigenvalue weighted by atomic mass is 9.80. The van der Waals surface area contributed by atoms with E-state index in [4.69, 9.17) is 11.6 Å². The maximum absolute atomic E-state index is 12.9. The number of hydrogen-bond donors (Lipinski definition) is 2. The first-order valence-electron chi connectivity index (χ1n) is 6.63. The second-order valence-corrected chi connectivity index (χ2v) is 5.36. The molecule has 116 valence electrons. The van der Waals surface area contributed by atoms with E-state index in [9.17, 15) is 18.0 Å². The van der Waals surface area contributed by atoms with Crippen LogP contribution in [0.25, 0.3) is 0 Å². The van der Waals surface area contributed by atoms with Gasteiger partial charge in [-0.25, -0.2) is 0 Å². The van der Waals surface area contributed by atoms with Gasteiger partial charge in [-0.1, -0.05) is 12.1 Å². The maximum atomic E-state index is 12.9. The summed E-state index contributed by atoms with van der Waals surface area (Å²) in [5.41, 5.74) is -1.03. The number of hydrogen-bond acceptors (Lipinski definition) is 2. The molecule has 1 aliphatic rings. The fraction of sp³-hybridized carbons (Fsp3) is 0.500. The molecule has 0 radical (unpaired) electrons. The normalized spacial score (nSPS) is 18.3. The van der Waals surface area contributed by atoms with Crippen LogP contribution in [0.5, 0.6) is 0 Å². The molecule has 1 aromatic carbocycles. The van der Waals surface area contributed by atoms with E-state index in [2.05, 4.69) is 10.6 Å². The van der Waals surface area contributed by atoms with Crippen LogP contribution < -0.4 is 10.6 Å². The number of carbonyl (C=O) groups excluding carboxylic acids is 1. The molecule has 0 spiro atoms. The monoisotopic (exact) mass is 320 g/mol. The average molecular weight is 321 g/mol. The number of nitrogens with one attached hydrogen (secondary N) is 2. The lowest BCUT2D eigenvalue weighted by molar-refractivity contribution is -0.137. The molecule has 2 N–H and O–H groups in total. The Morgan fingerprint density at radius 1 is 1.33 bits per heavy atom. The Labute approximate surface area is 125 Å². The van der Waals surface area contributed by atoms with Crippen LogP contribution in [-0.4, -0.2) is 24.9 Å². The van der Waals surface area contributed by atoms with Gasteiger partial charge in [-0.15, -0.1) is 11.6 Å². The summed E-state index contributed by atoms with van der Waals surface area (Å²) in [5, 5.41) is 5.94. The second kappa shape index (κ2) is 6.23. The first-order valence-corrected chi connectivity index (χ1v) is 7.16. The zero-order valence-corrected chi connectivity index (χ0v) is 12.0. The molecule has 0 unspecified atom stereocenters. The lowest BCUT2D eigenvalue weighted by Gasteiger charge is -2.39.